The van der Waals surface area contributed by atoms with Gasteiger partial charge in [-0.1, -0.05) is 17.7 Å². The third-order valence-electron chi connectivity index (χ3n) is 3.24. The fraction of sp³-hybridized carbons (Fsp3) is 0.357. The number of rotatable bonds is 4. The van der Waals surface area contributed by atoms with E-state index < -0.39 is 11.4 Å². The van der Waals surface area contributed by atoms with Crippen molar-refractivity contribution in [3.63, 3.8) is 0 Å². The van der Waals surface area contributed by atoms with E-state index in [2.05, 4.69) is 0 Å². The minimum Gasteiger partial charge on any atom is -0.481 e. The van der Waals surface area contributed by atoms with Gasteiger partial charge in [-0.2, -0.15) is 0 Å². The van der Waals surface area contributed by atoms with E-state index in [4.69, 9.17) is 11.6 Å². The summed E-state index contributed by atoms with van der Waals surface area (Å²) in [6.45, 7) is 3.58. The van der Waals surface area contributed by atoms with E-state index in [-0.39, 0.29) is 6.61 Å². The molecule has 0 bridgehead atoms. The van der Waals surface area contributed by atoms with Crippen molar-refractivity contribution in [3.05, 3.63) is 35.0 Å². The fourth-order valence-corrected chi connectivity index (χ4v) is 2.26. The molecule has 0 aliphatic carbocycles. The largest absolute Gasteiger partial charge is 0.481 e. The van der Waals surface area contributed by atoms with Crippen LogP contribution in [0.5, 0.6) is 0 Å². The number of hydrogen-bond acceptors (Lipinski definition) is 2. The van der Waals surface area contributed by atoms with Crippen LogP contribution in [0.4, 0.5) is 0 Å². The molecule has 1 aromatic heterocycles. The molecule has 0 spiro atoms. The van der Waals surface area contributed by atoms with E-state index in [1.807, 2.05) is 10.6 Å². The Kier molecular flexibility index (Phi) is 3.56. The average molecular weight is 282 g/mol. The Balaban J connectivity index is 2.54. The highest BCUT2D eigenvalue weighted by Crippen LogP contribution is 2.28. The summed E-state index contributed by atoms with van der Waals surface area (Å²) >= 11 is 5.98. The number of aliphatic hydroxyl groups excluding tert-OH is 1. The van der Waals surface area contributed by atoms with Crippen molar-refractivity contribution in [2.24, 2.45) is 5.41 Å². The molecule has 0 radical (unpaired) electrons. The highest BCUT2D eigenvalue weighted by Gasteiger charge is 2.28. The molecule has 4 nitrogen and oxygen atoms in total. The van der Waals surface area contributed by atoms with E-state index in [0.29, 0.717) is 11.6 Å². The van der Waals surface area contributed by atoms with Gasteiger partial charge in [-0.15, -0.1) is 0 Å². The quantitative estimate of drug-likeness (QED) is 0.906. The molecule has 102 valence electrons. The van der Waals surface area contributed by atoms with Crippen LogP contribution in [0.25, 0.3) is 10.9 Å². The molecule has 1 heterocycles. The molecule has 0 unspecified atom stereocenters. The van der Waals surface area contributed by atoms with E-state index >= 15 is 0 Å². The Morgan fingerprint density at radius 2 is 2.11 bits per heavy atom. The summed E-state index contributed by atoms with van der Waals surface area (Å²) in [6, 6.07) is 5.39. The third kappa shape index (κ3) is 2.60. The molecular weight excluding hydrogens is 266 g/mol. The molecular formula is C14H16ClNO3. The van der Waals surface area contributed by atoms with Gasteiger partial charge in [0, 0.05) is 34.2 Å². The second kappa shape index (κ2) is 4.87. The topological polar surface area (TPSA) is 62.5 Å². The molecule has 0 aliphatic heterocycles. The van der Waals surface area contributed by atoms with E-state index in [0.717, 1.165) is 16.5 Å². The van der Waals surface area contributed by atoms with Gasteiger partial charge < -0.3 is 14.8 Å². The van der Waals surface area contributed by atoms with Crippen molar-refractivity contribution in [1.82, 2.24) is 4.57 Å². The predicted octanol–water partition coefficient (Wildman–Crippen LogP) is 2.90. The number of carboxylic acid groups (broad SMARTS) is 1. The minimum absolute atomic E-state index is 0.0847. The molecule has 0 saturated heterocycles. The van der Waals surface area contributed by atoms with E-state index in [9.17, 15) is 15.0 Å². The van der Waals surface area contributed by atoms with Crippen molar-refractivity contribution < 1.29 is 15.0 Å². The Morgan fingerprint density at radius 1 is 1.42 bits per heavy atom. The van der Waals surface area contributed by atoms with Crippen LogP contribution in [0.15, 0.2) is 24.4 Å². The van der Waals surface area contributed by atoms with Crippen LogP contribution in [0.3, 0.4) is 0 Å². The molecule has 2 N–H and O–H groups in total. The van der Waals surface area contributed by atoms with Crippen molar-refractivity contribution in [1.29, 1.82) is 0 Å². The second-order valence-electron chi connectivity index (χ2n) is 5.29. The van der Waals surface area contributed by atoms with Gasteiger partial charge in [0.1, 0.15) is 0 Å². The van der Waals surface area contributed by atoms with E-state index in [1.165, 1.54) is 0 Å². The van der Waals surface area contributed by atoms with Gasteiger partial charge in [-0.3, -0.25) is 4.79 Å². The van der Waals surface area contributed by atoms with Crippen molar-refractivity contribution in [2.75, 3.05) is 0 Å². The fourth-order valence-electron chi connectivity index (χ4n) is 2.09. The number of carbonyl (C=O) groups is 1. The average Bonchev–Trinajstić information content (AvgIpc) is 2.66. The van der Waals surface area contributed by atoms with Crippen LogP contribution in [0.2, 0.25) is 5.02 Å². The molecule has 5 heteroatoms. The lowest BCUT2D eigenvalue weighted by atomic mass is 9.94. The summed E-state index contributed by atoms with van der Waals surface area (Å²) < 4.78 is 1.83. The maximum absolute atomic E-state index is 11.2. The maximum atomic E-state index is 11.2. The van der Waals surface area contributed by atoms with Crippen molar-refractivity contribution in [2.45, 2.75) is 27.0 Å². The molecule has 0 amide bonds. The van der Waals surface area contributed by atoms with Gasteiger partial charge in [0.05, 0.1) is 12.0 Å². The predicted molar refractivity (Wildman–Crippen MR) is 74.3 cm³/mol. The Morgan fingerprint density at radius 3 is 2.68 bits per heavy atom. The first-order valence-corrected chi connectivity index (χ1v) is 6.34. The minimum atomic E-state index is -0.888. The zero-order chi connectivity index (χ0) is 14.2. The van der Waals surface area contributed by atoms with Crippen LogP contribution in [-0.4, -0.2) is 20.7 Å². The summed E-state index contributed by atoms with van der Waals surface area (Å²) in [5, 5.41) is 20.1. The lowest BCUT2D eigenvalue weighted by Gasteiger charge is -2.20. The van der Waals surface area contributed by atoms with Crippen molar-refractivity contribution in [3.8, 4) is 0 Å². The smallest absolute Gasteiger partial charge is 0.310 e. The number of hydrogen-bond donors (Lipinski definition) is 2. The summed E-state index contributed by atoms with van der Waals surface area (Å²) in [6.07, 6.45) is 1.78. The number of fused-ring (bicyclic) bond motifs is 1. The first kappa shape index (κ1) is 13.9. The highest BCUT2D eigenvalue weighted by atomic mass is 35.5. The number of halogens is 1. The molecule has 2 aromatic rings. The number of aromatic nitrogens is 1. The zero-order valence-corrected chi connectivity index (χ0v) is 11.6. The SMILES string of the molecule is CC(C)(Cn1cc(CO)c2ccc(Cl)cc21)C(=O)O. The highest BCUT2D eigenvalue weighted by molar-refractivity contribution is 6.31. The second-order valence-corrected chi connectivity index (χ2v) is 5.73. The lowest BCUT2D eigenvalue weighted by Crippen LogP contribution is -2.28. The molecule has 2 rings (SSSR count). The molecule has 0 fully saturated rings. The Labute approximate surface area is 116 Å². The van der Waals surface area contributed by atoms with Crippen LogP contribution in [0, 0.1) is 5.41 Å². The monoisotopic (exact) mass is 281 g/mol. The van der Waals surface area contributed by atoms with Gasteiger partial charge in [-0.05, 0) is 26.0 Å². The van der Waals surface area contributed by atoms with Gasteiger partial charge in [0.15, 0.2) is 0 Å². The van der Waals surface area contributed by atoms with Crippen LogP contribution >= 0.6 is 11.6 Å². The molecule has 0 saturated carbocycles. The van der Waals surface area contributed by atoms with Gasteiger partial charge in [0.25, 0.3) is 0 Å². The normalized spacial score (nSPS) is 12.0. The number of nitrogens with zero attached hydrogens (tertiary/aromatic N) is 1. The first-order chi connectivity index (χ1) is 8.85. The van der Waals surface area contributed by atoms with Gasteiger partial charge in [0.2, 0.25) is 0 Å². The summed E-state index contributed by atoms with van der Waals surface area (Å²) in [5.74, 6) is -0.859. The summed E-state index contributed by atoms with van der Waals surface area (Å²) in [4.78, 5) is 11.2. The summed E-state index contributed by atoms with van der Waals surface area (Å²) in [7, 11) is 0. The van der Waals surface area contributed by atoms with Crippen LogP contribution in [0.1, 0.15) is 19.4 Å². The number of aliphatic hydroxyl groups is 1. The lowest BCUT2D eigenvalue weighted by molar-refractivity contribution is -0.147. The van der Waals surface area contributed by atoms with Crippen molar-refractivity contribution >= 4 is 28.5 Å². The Hall–Kier alpha value is -1.52. The number of benzene rings is 1. The maximum Gasteiger partial charge on any atom is 0.310 e. The number of carboxylic acids is 1. The molecule has 0 aliphatic rings. The van der Waals surface area contributed by atoms with E-state index in [1.54, 1.807) is 32.2 Å². The van der Waals surface area contributed by atoms with Gasteiger partial charge >= 0.3 is 5.97 Å². The summed E-state index contributed by atoms with van der Waals surface area (Å²) in [5.41, 5.74) is 0.722. The first-order valence-electron chi connectivity index (χ1n) is 5.96. The zero-order valence-electron chi connectivity index (χ0n) is 10.9. The Bertz CT molecular complexity index is 631. The third-order valence-corrected chi connectivity index (χ3v) is 3.48. The molecule has 19 heavy (non-hydrogen) atoms. The molecule has 1 aromatic carbocycles. The van der Waals surface area contributed by atoms with Gasteiger partial charge in [-0.25, -0.2) is 0 Å². The number of aliphatic carboxylic acids is 1. The van der Waals surface area contributed by atoms with Crippen LogP contribution in [-0.2, 0) is 17.9 Å². The standard InChI is InChI=1S/C14H16ClNO3/c1-14(2,13(18)19)8-16-6-9(7-17)11-4-3-10(15)5-12(11)16/h3-6,17H,7-8H2,1-2H3,(H,18,19). The molecule has 0 atom stereocenters. The van der Waals surface area contributed by atoms with Crippen LogP contribution < -0.4 is 0 Å².